The van der Waals surface area contributed by atoms with Crippen molar-refractivity contribution in [3.8, 4) is 0 Å². The van der Waals surface area contributed by atoms with Gasteiger partial charge in [0.05, 0.1) is 0 Å². The van der Waals surface area contributed by atoms with Crippen LogP contribution in [0, 0.1) is 5.92 Å². The molecule has 0 saturated heterocycles. The normalized spacial score (nSPS) is 18.1. The summed E-state index contributed by atoms with van der Waals surface area (Å²) in [5, 5.41) is 0. The van der Waals surface area contributed by atoms with E-state index in [2.05, 4.69) is 10.9 Å². The molecule has 0 bridgehead atoms. The lowest BCUT2D eigenvalue weighted by atomic mass is 9.86. The Labute approximate surface area is 86.6 Å². The van der Waals surface area contributed by atoms with E-state index in [1.165, 1.54) is 38.5 Å². The first-order valence-corrected chi connectivity index (χ1v) is 5.78. The molecule has 2 N–H and O–H groups in total. The molecule has 3 heteroatoms. The summed E-state index contributed by atoms with van der Waals surface area (Å²) in [5.41, 5.74) is 5.25. The van der Waals surface area contributed by atoms with E-state index in [1.54, 1.807) is 7.05 Å². The van der Waals surface area contributed by atoms with Crippen molar-refractivity contribution in [2.75, 3.05) is 7.05 Å². The molecular weight excluding hydrogens is 176 g/mol. The van der Waals surface area contributed by atoms with Crippen molar-refractivity contribution >= 4 is 5.91 Å². The average molecular weight is 198 g/mol. The predicted octanol–water partition coefficient (Wildman–Crippen LogP) is 1.99. The minimum Gasteiger partial charge on any atom is -0.292 e. The fourth-order valence-electron chi connectivity index (χ4n) is 2.23. The van der Waals surface area contributed by atoms with Gasteiger partial charge in [0.1, 0.15) is 0 Å². The molecule has 0 aromatic heterocycles. The fraction of sp³-hybridized carbons (Fsp3) is 0.909. The molecule has 3 nitrogen and oxygen atoms in total. The Kier molecular flexibility index (Phi) is 5.60. The standard InChI is InChI=1S/C11H22N2O/c1-12-13-11(14)9-5-8-10-6-3-2-4-7-10/h10,12H,2-9H2,1H3,(H,13,14). The van der Waals surface area contributed by atoms with E-state index in [4.69, 9.17) is 0 Å². The number of hydrazine groups is 1. The van der Waals surface area contributed by atoms with E-state index in [9.17, 15) is 4.79 Å². The maximum Gasteiger partial charge on any atom is 0.234 e. The molecule has 1 amide bonds. The van der Waals surface area contributed by atoms with Crippen LogP contribution >= 0.6 is 0 Å². The van der Waals surface area contributed by atoms with E-state index in [0.29, 0.717) is 6.42 Å². The van der Waals surface area contributed by atoms with E-state index in [-0.39, 0.29) is 5.91 Å². The first kappa shape index (κ1) is 11.5. The summed E-state index contributed by atoms with van der Waals surface area (Å²) in [6, 6.07) is 0. The molecule has 0 radical (unpaired) electrons. The molecule has 14 heavy (non-hydrogen) atoms. The summed E-state index contributed by atoms with van der Waals surface area (Å²) in [7, 11) is 1.72. The summed E-state index contributed by atoms with van der Waals surface area (Å²) in [6.07, 6.45) is 9.91. The molecular formula is C11H22N2O. The third-order valence-electron chi connectivity index (χ3n) is 3.01. The Morgan fingerprint density at radius 3 is 2.64 bits per heavy atom. The van der Waals surface area contributed by atoms with Crippen molar-refractivity contribution in [2.45, 2.75) is 51.4 Å². The monoisotopic (exact) mass is 198 g/mol. The Hall–Kier alpha value is -0.570. The summed E-state index contributed by atoms with van der Waals surface area (Å²) in [4.78, 5) is 11.1. The zero-order valence-electron chi connectivity index (χ0n) is 9.14. The number of carbonyl (C=O) groups is 1. The van der Waals surface area contributed by atoms with Gasteiger partial charge in [-0.25, -0.2) is 5.43 Å². The molecule has 1 saturated carbocycles. The fourth-order valence-corrected chi connectivity index (χ4v) is 2.23. The maximum atomic E-state index is 11.1. The Balaban J connectivity index is 1.99. The van der Waals surface area contributed by atoms with Crippen LogP contribution in [0.1, 0.15) is 51.4 Å². The summed E-state index contributed by atoms with van der Waals surface area (Å²) in [6.45, 7) is 0. The highest BCUT2D eigenvalue weighted by atomic mass is 16.2. The second-order valence-corrected chi connectivity index (χ2v) is 4.19. The molecule has 1 rings (SSSR count). The van der Waals surface area contributed by atoms with Gasteiger partial charge in [0.25, 0.3) is 0 Å². The van der Waals surface area contributed by atoms with Gasteiger partial charge in [-0.15, -0.1) is 0 Å². The lowest BCUT2D eigenvalue weighted by molar-refractivity contribution is -0.122. The quantitative estimate of drug-likeness (QED) is 0.663. The van der Waals surface area contributed by atoms with Gasteiger partial charge >= 0.3 is 0 Å². The number of hydrogen-bond donors (Lipinski definition) is 2. The van der Waals surface area contributed by atoms with E-state index >= 15 is 0 Å². The SMILES string of the molecule is CNNC(=O)CCCC1CCCCC1. The van der Waals surface area contributed by atoms with E-state index in [1.807, 2.05) is 0 Å². The van der Waals surface area contributed by atoms with Crippen LogP contribution in [0.25, 0.3) is 0 Å². The molecule has 1 aliphatic rings. The first-order chi connectivity index (χ1) is 6.83. The lowest BCUT2D eigenvalue weighted by Crippen LogP contribution is -2.33. The van der Waals surface area contributed by atoms with Crippen LogP contribution in [0.5, 0.6) is 0 Å². The van der Waals surface area contributed by atoms with Crippen molar-refractivity contribution < 1.29 is 4.79 Å². The zero-order valence-corrected chi connectivity index (χ0v) is 9.14. The van der Waals surface area contributed by atoms with Gasteiger partial charge in [0.2, 0.25) is 5.91 Å². The highest BCUT2D eigenvalue weighted by molar-refractivity contribution is 5.75. The van der Waals surface area contributed by atoms with Gasteiger partial charge in [-0.2, -0.15) is 0 Å². The number of nitrogens with one attached hydrogen (secondary N) is 2. The minimum atomic E-state index is 0.114. The van der Waals surface area contributed by atoms with Gasteiger partial charge in [-0.1, -0.05) is 32.1 Å². The molecule has 0 aromatic rings. The summed E-state index contributed by atoms with van der Waals surface area (Å²) >= 11 is 0. The number of carbonyl (C=O) groups excluding carboxylic acids is 1. The zero-order chi connectivity index (χ0) is 10.2. The molecule has 0 unspecified atom stereocenters. The van der Waals surface area contributed by atoms with Crippen molar-refractivity contribution in [1.82, 2.24) is 10.9 Å². The Bertz CT molecular complexity index is 165. The van der Waals surface area contributed by atoms with Crippen LogP contribution < -0.4 is 10.9 Å². The van der Waals surface area contributed by atoms with Gasteiger partial charge in [-0.05, 0) is 18.8 Å². The summed E-state index contributed by atoms with van der Waals surface area (Å²) < 4.78 is 0. The van der Waals surface area contributed by atoms with Crippen LogP contribution in [0.4, 0.5) is 0 Å². The number of rotatable bonds is 5. The molecule has 0 aromatic carbocycles. The molecule has 0 spiro atoms. The van der Waals surface area contributed by atoms with Crippen molar-refractivity contribution in [1.29, 1.82) is 0 Å². The van der Waals surface area contributed by atoms with Crippen molar-refractivity contribution in [3.05, 3.63) is 0 Å². The highest BCUT2D eigenvalue weighted by Crippen LogP contribution is 2.27. The number of hydrogen-bond acceptors (Lipinski definition) is 2. The average Bonchev–Trinajstić information content (AvgIpc) is 2.20. The van der Waals surface area contributed by atoms with E-state index < -0.39 is 0 Å². The summed E-state index contributed by atoms with van der Waals surface area (Å²) in [5.74, 6) is 1.01. The first-order valence-electron chi connectivity index (χ1n) is 5.78. The Morgan fingerprint density at radius 1 is 1.29 bits per heavy atom. The molecule has 1 fully saturated rings. The lowest BCUT2D eigenvalue weighted by Gasteiger charge is -2.21. The molecule has 0 heterocycles. The highest BCUT2D eigenvalue weighted by Gasteiger charge is 2.13. The van der Waals surface area contributed by atoms with Crippen LogP contribution in [0.2, 0.25) is 0 Å². The van der Waals surface area contributed by atoms with Crippen LogP contribution in [-0.4, -0.2) is 13.0 Å². The van der Waals surface area contributed by atoms with Gasteiger partial charge in [-0.3, -0.25) is 10.2 Å². The predicted molar refractivity (Wildman–Crippen MR) is 57.6 cm³/mol. The second kappa shape index (κ2) is 6.82. The third kappa shape index (κ3) is 4.61. The molecule has 0 aliphatic heterocycles. The number of amides is 1. The molecule has 0 atom stereocenters. The molecule has 82 valence electrons. The topological polar surface area (TPSA) is 41.1 Å². The van der Waals surface area contributed by atoms with Crippen molar-refractivity contribution in [2.24, 2.45) is 5.92 Å². The largest absolute Gasteiger partial charge is 0.292 e. The van der Waals surface area contributed by atoms with Gasteiger partial charge in [0, 0.05) is 13.5 Å². The van der Waals surface area contributed by atoms with Crippen LogP contribution in [-0.2, 0) is 4.79 Å². The smallest absolute Gasteiger partial charge is 0.234 e. The third-order valence-corrected chi connectivity index (χ3v) is 3.01. The van der Waals surface area contributed by atoms with Crippen LogP contribution in [0.15, 0.2) is 0 Å². The van der Waals surface area contributed by atoms with Crippen LogP contribution in [0.3, 0.4) is 0 Å². The van der Waals surface area contributed by atoms with Crippen molar-refractivity contribution in [3.63, 3.8) is 0 Å². The maximum absolute atomic E-state index is 11.1. The van der Waals surface area contributed by atoms with Gasteiger partial charge in [0.15, 0.2) is 0 Å². The van der Waals surface area contributed by atoms with Gasteiger partial charge < -0.3 is 0 Å². The second-order valence-electron chi connectivity index (χ2n) is 4.19. The minimum absolute atomic E-state index is 0.114. The van der Waals surface area contributed by atoms with E-state index in [0.717, 1.165) is 12.3 Å². The Morgan fingerprint density at radius 2 is 2.00 bits per heavy atom. The molecule has 1 aliphatic carbocycles.